The summed E-state index contributed by atoms with van der Waals surface area (Å²) in [6, 6.07) is 8.20. The number of ether oxygens (including phenoxy) is 2. The van der Waals surface area contributed by atoms with Gasteiger partial charge in [0, 0.05) is 31.1 Å². The molecule has 7 heteroatoms. The van der Waals surface area contributed by atoms with Crippen molar-refractivity contribution in [2.45, 2.75) is 51.4 Å². The van der Waals surface area contributed by atoms with Crippen LogP contribution in [0.5, 0.6) is 5.75 Å². The third kappa shape index (κ3) is 4.52. The first-order valence-corrected chi connectivity index (χ1v) is 10.9. The van der Waals surface area contributed by atoms with E-state index in [4.69, 9.17) is 9.47 Å². The Morgan fingerprint density at radius 2 is 1.90 bits per heavy atom. The molecule has 162 valence electrons. The van der Waals surface area contributed by atoms with Crippen molar-refractivity contribution in [1.29, 1.82) is 0 Å². The van der Waals surface area contributed by atoms with Crippen molar-refractivity contribution >= 4 is 5.91 Å². The van der Waals surface area contributed by atoms with Crippen LogP contribution in [0, 0.1) is 0 Å². The van der Waals surface area contributed by atoms with Crippen molar-refractivity contribution in [2.75, 3.05) is 33.3 Å². The Hall–Kier alpha value is -2.38. The van der Waals surface area contributed by atoms with E-state index in [0.717, 1.165) is 49.5 Å². The molecule has 1 N–H and O–H groups in total. The van der Waals surface area contributed by atoms with Gasteiger partial charge >= 0.3 is 0 Å². The molecule has 0 bridgehead atoms. The maximum atomic E-state index is 13.2. The molecule has 2 fully saturated rings. The van der Waals surface area contributed by atoms with Crippen molar-refractivity contribution in [1.82, 2.24) is 20.0 Å². The average Bonchev–Trinajstić information content (AvgIpc) is 3.23. The molecule has 30 heavy (non-hydrogen) atoms. The lowest BCUT2D eigenvalue weighted by atomic mass is 9.90. The molecule has 1 aromatic carbocycles. The number of nitrogens with one attached hydrogen (secondary N) is 1. The maximum Gasteiger partial charge on any atom is 0.257 e. The summed E-state index contributed by atoms with van der Waals surface area (Å²) in [6.07, 6.45) is 3.84. The molecule has 2 aromatic rings. The Morgan fingerprint density at radius 1 is 1.20 bits per heavy atom. The fourth-order valence-corrected chi connectivity index (χ4v) is 4.75. The first kappa shape index (κ1) is 20.9. The van der Waals surface area contributed by atoms with Crippen LogP contribution in [0.3, 0.4) is 0 Å². The van der Waals surface area contributed by atoms with Crippen LogP contribution in [0.4, 0.5) is 0 Å². The molecule has 2 saturated heterocycles. The molecule has 1 amide bonds. The fraction of sp³-hybridized carbons (Fsp3) is 0.565. The van der Waals surface area contributed by atoms with Crippen LogP contribution in [-0.4, -0.2) is 71.4 Å². The zero-order valence-electron chi connectivity index (χ0n) is 18.1. The van der Waals surface area contributed by atoms with Crippen LogP contribution >= 0.6 is 0 Å². The SMILES string of the molecule is COc1ccccc1CN1CCC(c2[nH]ncc2C(=O)N2C[C@@H](C)O[C@@H](C)C2)CC1. The monoisotopic (exact) mass is 412 g/mol. The lowest BCUT2D eigenvalue weighted by Gasteiger charge is -2.36. The van der Waals surface area contributed by atoms with Gasteiger partial charge in [-0.15, -0.1) is 0 Å². The zero-order valence-corrected chi connectivity index (χ0v) is 18.1. The van der Waals surface area contributed by atoms with Crippen LogP contribution in [0.2, 0.25) is 0 Å². The van der Waals surface area contributed by atoms with Crippen molar-refractivity contribution in [3.63, 3.8) is 0 Å². The van der Waals surface area contributed by atoms with Crippen molar-refractivity contribution in [2.24, 2.45) is 0 Å². The van der Waals surface area contributed by atoms with Crippen LogP contribution in [0.1, 0.15) is 54.2 Å². The summed E-state index contributed by atoms with van der Waals surface area (Å²) >= 11 is 0. The highest BCUT2D eigenvalue weighted by Crippen LogP contribution is 2.31. The number of nitrogens with zero attached hydrogens (tertiary/aromatic N) is 3. The smallest absolute Gasteiger partial charge is 0.257 e. The van der Waals surface area contributed by atoms with E-state index in [9.17, 15) is 4.79 Å². The standard InChI is InChI=1S/C23H32N4O3/c1-16-13-27(14-17(2)30-16)23(28)20-12-24-25-22(20)18-8-10-26(11-9-18)15-19-6-4-5-7-21(19)29-3/h4-7,12,16-18H,8-11,13-15H2,1-3H3,(H,24,25)/t16-,17+. The van der Waals surface area contributed by atoms with Crippen molar-refractivity contribution < 1.29 is 14.3 Å². The second-order valence-corrected chi connectivity index (χ2v) is 8.53. The molecule has 4 rings (SSSR count). The molecule has 0 aliphatic carbocycles. The predicted molar refractivity (Wildman–Crippen MR) is 115 cm³/mol. The van der Waals surface area contributed by atoms with E-state index in [1.807, 2.05) is 30.9 Å². The van der Waals surface area contributed by atoms with Gasteiger partial charge in [0.15, 0.2) is 0 Å². The Labute approximate surface area is 178 Å². The van der Waals surface area contributed by atoms with Crippen LogP contribution < -0.4 is 4.74 Å². The molecule has 0 radical (unpaired) electrons. The van der Waals surface area contributed by atoms with Gasteiger partial charge in [-0.2, -0.15) is 5.10 Å². The largest absolute Gasteiger partial charge is 0.496 e. The number of carbonyl (C=O) groups excluding carboxylic acids is 1. The minimum Gasteiger partial charge on any atom is -0.496 e. The molecular weight excluding hydrogens is 380 g/mol. The number of carbonyl (C=O) groups is 1. The van der Waals surface area contributed by atoms with Gasteiger partial charge in [0.05, 0.1) is 36.8 Å². The van der Waals surface area contributed by atoms with Gasteiger partial charge in [-0.3, -0.25) is 14.8 Å². The number of H-pyrrole nitrogens is 1. The molecule has 1 aromatic heterocycles. The van der Waals surface area contributed by atoms with Gasteiger partial charge in [-0.25, -0.2) is 0 Å². The lowest BCUT2D eigenvalue weighted by molar-refractivity contribution is -0.0586. The number of hydrogen-bond acceptors (Lipinski definition) is 5. The van der Waals surface area contributed by atoms with Crippen molar-refractivity contribution in [3.8, 4) is 5.75 Å². The molecule has 2 aliphatic heterocycles. The van der Waals surface area contributed by atoms with E-state index in [0.29, 0.717) is 19.0 Å². The molecule has 3 heterocycles. The summed E-state index contributed by atoms with van der Waals surface area (Å²) in [6.45, 7) is 8.15. The highest BCUT2D eigenvalue weighted by Gasteiger charge is 2.31. The highest BCUT2D eigenvalue weighted by atomic mass is 16.5. The number of benzene rings is 1. The van der Waals surface area contributed by atoms with E-state index in [1.54, 1.807) is 13.3 Å². The quantitative estimate of drug-likeness (QED) is 0.817. The second kappa shape index (κ2) is 9.18. The lowest BCUT2D eigenvalue weighted by Crippen LogP contribution is -2.48. The Kier molecular flexibility index (Phi) is 6.39. The van der Waals surface area contributed by atoms with Crippen LogP contribution in [0.15, 0.2) is 30.5 Å². The number of hydrogen-bond donors (Lipinski definition) is 1. The van der Waals surface area contributed by atoms with E-state index in [2.05, 4.69) is 27.2 Å². The Morgan fingerprint density at radius 3 is 2.60 bits per heavy atom. The van der Waals surface area contributed by atoms with Crippen LogP contribution in [0.25, 0.3) is 0 Å². The van der Waals surface area contributed by atoms with E-state index in [1.165, 1.54) is 5.56 Å². The molecule has 0 spiro atoms. The van der Waals surface area contributed by atoms with Gasteiger partial charge in [-0.05, 0) is 45.8 Å². The minimum atomic E-state index is 0.0614. The predicted octanol–water partition coefficient (Wildman–Crippen LogP) is 3.05. The summed E-state index contributed by atoms with van der Waals surface area (Å²) in [5.74, 6) is 1.34. The van der Waals surface area contributed by atoms with Gasteiger partial charge in [0.25, 0.3) is 5.91 Å². The van der Waals surface area contributed by atoms with Gasteiger partial charge < -0.3 is 14.4 Å². The third-order valence-electron chi connectivity index (χ3n) is 6.19. The normalized spacial score (nSPS) is 23.5. The molecule has 0 saturated carbocycles. The Bertz CT molecular complexity index is 850. The van der Waals surface area contributed by atoms with E-state index in [-0.39, 0.29) is 18.1 Å². The molecule has 0 unspecified atom stereocenters. The third-order valence-corrected chi connectivity index (χ3v) is 6.19. The number of morpholine rings is 1. The fourth-order valence-electron chi connectivity index (χ4n) is 4.75. The second-order valence-electron chi connectivity index (χ2n) is 8.53. The average molecular weight is 413 g/mol. The summed E-state index contributed by atoms with van der Waals surface area (Å²) in [5, 5.41) is 7.36. The number of aromatic amines is 1. The summed E-state index contributed by atoms with van der Waals surface area (Å²) in [7, 11) is 1.72. The number of likely N-dealkylation sites (tertiary alicyclic amines) is 1. The number of piperidine rings is 1. The number of amides is 1. The minimum absolute atomic E-state index is 0.0614. The van der Waals surface area contributed by atoms with Gasteiger partial charge in [0.2, 0.25) is 0 Å². The zero-order chi connectivity index (χ0) is 21.1. The molecule has 7 nitrogen and oxygen atoms in total. The number of para-hydroxylation sites is 1. The topological polar surface area (TPSA) is 70.7 Å². The Balaban J connectivity index is 1.39. The summed E-state index contributed by atoms with van der Waals surface area (Å²) < 4.78 is 11.3. The number of methoxy groups -OCH3 is 1. The van der Waals surface area contributed by atoms with Crippen molar-refractivity contribution in [3.05, 3.63) is 47.3 Å². The number of aromatic nitrogens is 2. The number of rotatable bonds is 5. The molecular formula is C23H32N4O3. The van der Waals surface area contributed by atoms with E-state index >= 15 is 0 Å². The van der Waals surface area contributed by atoms with Crippen LogP contribution in [-0.2, 0) is 11.3 Å². The first-order valence-electron chi connectivity index (χ1n) is 10.9. The first-order chi connectivity index (χ1) is 14.5. The van der Waals surface area contributed by atoms with Gasteiger partial charge in [-0.1, -0.05) is 18.2 Å². The maximum absolute atomic E-state index is 13.2. The van der Waals surface area contributed by atoms with Gasteiger partial charge in [0.1, 0.15) is 5.75 Å². The summed E-state index contributed by atoms with van der Waals surface area (Å²) in [5.41, 5.74) is 2.93. The van der Waals surface area contributed by atoms with E-state index < -0.39 is 0 Å². The molecule has 2 aliphatic rings. The highest BCUT2D eigenvalue weighted by molar-refractivity contribution is 5.95. The molecule has 2 atom stereocenters. The summed E-state index contributed by atoms with van der Waals surface area (Å²) in [4.78, 5) is 17.5.